The van der Waals surface area contributed by atoms with E-state index in [1.807, 2.05) is 6.07 Å². The molecule has 0 unspecified atom stereocenters. The molecular formula is C12H16O. The number of hydrogen-bond donors (Lipinski definition) is 0. The van der Waals surface area contributed by atoms with Crippen LogP contribution in [0.3, 0.4) is 0 Å². The van der Waals surface area contributed by atoms with Gasteiger partial charge in [0, 0.05) is 0 Å². The van der Waals surface area contributed by atoms with Crippen LogP contribution in [-0.2, 0) is 11.3 Å². The van der Waals surface area contributed by atoms with Gasteiger partial charge in [0.15, 0.2) is 0 Å². The van der Waals surface area contributed by atoms with Gasteiger partial charge in [-0.1, -0.05) is 37.3 Å². The highest BCUT2D eigenvalue weighted by Gasteiger charge is 2.25. The summed E-state index contributed by atoms with van der Waals surface area (Å²) in [5, 5.41) is 0. The van der Waals surface area contributed by atoms with Crippen molar-refractivity contribution in [1.29, 1.82) is 0 Å². The van der Waals surface area contributed by atoms with Gasteiger partial charge in [0.05, 0.1) is 12.7 Å². The van der Waals surface area contributed by atoms with E-state index in [0.29, 0.717) is 6.10 Å². The lowest BCUT2D eigenvalue weighted by atomic mass is 9.84. The van der Waals surface area contributed by atoms with E-state index >= 15 is 0 Å². The molecule has 1 heteroatoms. The van der Waals surface area contributed by atoms with Crippen molar-refractivity contribution >= 4 is 0 Å². The van der Waals surface area contributed by atoms with E-state index in [0.717, 1.165) is 12.5 Å². The zero-order valence-electron chi connectivity index (χ0n) is 8.07. The van der Waals surface area contributed by atoms with Crippen molar-refractivity contribution in [1.82, 2.24) is 0 Å². The maximum Gasteiger partial charge on any atom is 0.0720 e. The monoisotopic (exact) mass is 176 g/mol. The number of ether oxygens (including phenoxy) is 1. The average molecular weight is 176 g/mol. The Morgan fingerprint density at radius 1 is 1.23 bits per heavy atom. The van der Waals surface area contributed by atoms with Crippen LogP contribution in [0, 0.1) is 5.92 Å². The second kappa shape index (κ2) is 3.93. The summed E-state index contributed by atoms with van der Waals surface area (Å²) in [5.74, 6) is 0.876. The van der Waals surface area contributed by atoms with Crippen LogP contribution in [0.2, 0.25) is 0 Å². The van der Waals surface area contributed by atoms with Crippen molar-refractivity contribution in [3.8, 4) is 0 Å². The van der Waals surface area contributed by atoms with Crippen LogP contribution < -0.4 is 0 Å². The molecule has 1 aromatic carbocycles. The summed E-state index contributed by atoms with van der Waals surface area (Å²) >= 11 is 0. The minimum absolute atomic E-state index is 0.523. The molecule has 0 heterocycles. The molecule has 0 bridgehead atoms. The normalized spacial score (nSPS) is 26.8. The topological polar surface area (TPSA) is 9.23 Å². The Balaban J connectivity index is 1.74. The van der Waals surface area contributed by atoms with E-state index in [9.17, 15) is 0 Å². The molecule has 1 nitrogen and oxygen atoms in total. The fourth-order valence-electron chi connectivity index (χ4n) is 1.75. The highest BCUT2D eigenvalue weighted by molar-refractivity contribution is 5.13. The van der Waals surface area contributed by atoms with Crippen LogP contribution in [0.25, 0.3) is 0 Å². The molecule has 0 atom stereocenters. The van der Waals surface area contributed by atoms with Crippen LogP contribution in [-0.4, -0.2) is 6.10 Å². The maximum absolute atomic E-state index is 5.73. The minimum atomic E-state index is 0.523. The van der Waals surface area contributed by atoms with Gasteiger partial charge in [0.1, 0.15) is 0 Å². The van der Waals surface area contributed by atoms with Crippen molar-refractivity contribution < 1.29 is 4.74 Å². The van der Waals surface area contributed by atoms with Gasteiger partial charge in [0.25, 0.3) is 0 Å². The van der Waals surface area contributed by atoms with E-state index in [-0.39, 0.29) is 0 Å². The van der Waals surface area contributed by atoms with E-state index in [1.54, 1.807) is 0 Å². The standard InChI is InChI=1S/C12H16O/c1-10-7-12(8-10)13-9-11-5-3-2-4-6-11/h2-6,10,12H,7-9H2,1H3/t10-,12+. The van der Waals surface area contributed by atoms with Crippen LogP contribution in [0.1, 0.15) is 25.3 Å². The molecule has 1 aromatic rings. The Bertz CT molecular complexity index is 249. The minimum Gasteiger partial charge on any atom is -0.374 e. The zero-order valence-corrected chi connectivity index (χ0v) is 8.07. The molecule has 1 aliphatic carbocycles. The van der Waals surface area contributed by atoms with E-state index < -0.39 is 0 Å². The molecule has 0 radical (unpaired) electrons. The lowest BCUT2D eigenvalue weighted by Gasteiger charge is -2.32. The Kier molecular flexibility index (Phi) is 2.65. The van der Waals surface area contributed by atoms with Gasteiger partial charge in [-0.15, -0.1) is 0 Å². The first-order valence-corrected chi connectivity index (χ1v) is 5.00. The van der Waals surface area contributed by atoms with Gasteiger partial charge in [-0.2, -0.15) is 0 Å². The molecule has 0 spiro atoms. The van der Waals surface area contributed by atoms with Gasteiger partial charge in [-0.25, -0.2) is 0 Å². The Labute approximate surface area is 79.7 Å². The molecule has 2 rings (SSSR count). The fraction of sp³-hybridized carbons (Fsp3) is 0.500. The van der Waals surface area contributed by atoms with Crippen molar-refractivity contribution in [3.05, 3.63) is 35.9 Å². The third-order valence-corrected chi connectivity index (χ3v) is 2.66. The van der Waals surface area contributed by atoms with E-state index in [1.165, 1.54) is 18.4 Å². The van der Waals surface area contributed by atoms with E-state index in [2.05, 4.69) is 31.2 Å². The first-order valence-electron chi connectivity index (χ1n) is 5.00. The highest BCUT2D eigenvalue weighted by atomic mass is 16.5. The van der Waals surface area contributed by atoms with Crippen LogP contribution in [0.5, 0.6) is 0 Å². The summed E-state index contributed by atoms with van der Waals surface area (Å²) in [7, 11) is 0. The smallest absolute Gasteiger partial charge is 0.0720 e. The third-order valence-electron chi connectivity index (χ3n) is 2.66. The zero-order chi connectivity index (χ0) is 9.10. The molecule has 1 fully saturated rings. The average Bonchev–Trinajstić information content (AvgIpc) is 2.12. The van der Waals surface area contributed by atoms with Crippen LogP contribution >= 0.6 is 0 Å². The SMILES string of the molecule is C[C@H]1C[C@@H](OCc2ccccc2)C1. The first kappa shape index (κ1) is 8.76. The largest absolute Gasteiger partial charge is 0.374 e. The molecule has 0 amide bonds. The number of hydrogen-bond acceptors (Lipinski definition) is 1. The third kappa shape index (κ3) is 2.31. The maximum atomic E-state index is 5.73. The summed E-state index contributed by atoms with van der Waals surface area (Å²) < 4.78 is 5.73. The Morgan fingerprint density at radius 3 is 2.54 bits per heavy atom. The van der Waals surface area contributed by atoms with Gasteiger partial charge in [0.2, 0.25) is 0 Å². The molecule has 0 N–H and O–H groups in total. The first-order chi connectivity index (χ1) is 6.34. The van der Waals surface area contributed by atoms with Crippen molar-refractivity contribution in [2.75, 3.05) is 0 Å². The molecule has 1 aliphatic rings. The quantitative estimate of drug-likeness (QED) is 0.688. The van der Waals surface area contributed by atoms with Gasteiger partial charge < -0.3 is 4.74 Å². The molecule has 1 saturated carbocycles. The summed E-state index contributed by atoms with van der Waals surface area (Å²) in [6.07, 6.45) is 3.01. The lowest BCUT2D eigenvalue weighted by molar-refractivity contribution is -0.0352. The van der Waals surface area contributed by atoms with Gasteiger partial charge in [-0.05, 0) is 24.3 Å². The Morgan fingerprint density at radius 2 is 1.92 bits per heavy atom. The summed E-state index contributed by atoms with van der Waals surface area (Å²) in [5.41, 5.74) is 1.28. The summed E-state index contributed by atoms with van der Waals surface area (Å²) in [6.45, 7) is 3.06. The highest BCUT2D eigenvalue weighted by Crippen LogP contribution is 2.29. The summed E-state index contributed by atoms with van der Waals surface area (Å²) in [4.78, 5) is 0. The molecule has 13 heavy (non-hydrogen) atoms. The van der Waals surface area contributed by atoms with Crippen LogP contribution in [0.4, 0.5) is 0 Å². The number of rotatable bonds is 3. The van der Waals surface area contributed by atoms with Crippen LogP contribution in [0.15, 0.2) is 30.3 Å². The van der Waals surface area contributed by atoms with Gasteiger partial charge in [-0.3, -0.25) is 0 Å². The molecule has 70 valence electrons. The van der Waals surface area contributed by atoms with Crippen molar-refractivity contribution in [2.24, 2.45) is 5.92 Å². The summed E-state index contributed by atoms with van der Waals surface area (Å²) in [6, 6.07) is 10.4. The lowest BCUT2D eigenvalue weighted by Crippen LogP contribution is -2.29. The fourth-order valence-corrected chi connectivity index (χ4v) is 1.75. The van der Waals surface area contributed by atoms with Crippen molar-refractivity contribution in [2.45, 2.75) is 32.5 Å². The predicted molar refractivity (Wildman–Crippen MR) is 53.4 cm³/mol. The van der Waals surface area contributed by atoms with E-state index in [4.69, 9.17) is 4.74 Å². The second-order valence-corrected chi connectivity index (χ2v) is 4.00. The molecule has 0 aromatic heterocycles. The van der Waals surface area contributed by atoms with Crippen molar-refractivity contribution in [3.63, 3.8) is 0 Å². The Hall–Kier alpha value is -0.820. The second-order valence-electron chi connectivity index (χ2n) is 4.00. The molecular weight excluding hydrogens is 160 g/mol. The predicted octanol–water partition coefficient (Wildman–Crippen LogP) is 3.00. The molecule has 0 aliphatic heterocycles. The number of benzene rings is 1. The van der Waals surface area contributed by atoms with Gasteiger partial charge >= 0.3 is 0 Å². The molecule has 0 saturated heterocycles.